The van der Waals surface area contributed by atoms with Crippen LogP contribution >= 0.6 is 11.8 Å². The summed E-state index contributed by atoms with van der Waals surface area (Å²) in [6.45, 7) is 0. The van der Waals surface area contributed by atoms with Gasteiger partial charge < -0.3 is 5.11 Å². The third-order valence-corrected chi connectivity index (χ3v) is 3.38. The van der Waals surface area contributed by atoms with Crippen LogP contribution in [0.15, 0.2) is 12.4 Å². The van der Waals surface area contributed by atoms with E-state index in [0.29, 0.717) is 5.75 Å². The highest BCUT2D eigenvalue weighted by Gasteiger charge is 2.30. The molecular weight excluding hydrogens is 202 g/mol. The number of nitrogens with zero attached hydrogens (tertiary/aromatic N) is 2. The monoisotopic (exact) mass is 213 g/mol. The zero-order valence-corrected chi connectivity index (χ0v) is 8.49. The van der Waals surface area contributed by atoms with Gasteiger partial charge >= 0.3 is 5.97 Å². The number of aromatic nitrogens is 2. The zero-order chi connectivity index (χ0) is 10.1. The Balaban J connectivity index is 2.05. The average Bonchev–Trinajstić information content (AvgIpc) is 2.70. The van der Waals surface area contributed by atoms with E-state index in [2.05, 4.69) is 10.4 Å². The Morgan fingerprint density at radius 2 is 2.64 bits per heavy atom. The molecule has 0 bridgehead atoms. The maximum atomic E-state index is 10.7. The van der Waals surface area contributed by atoms with Crippen molar-refractivity contribution in [3.63, 3.8) is 0 Å². The van der Waals surface area contributed by atoms with E-state index in [1.807, 2.05) is 13.2 Å². The molecule has 1 aliphatic rings. The molecule has 2 N–H and O–H groups in total. The molecule has 1 aromatic rings. The fourth-order valence-electron chi connectivity index (χ4n) is 1.38. The molecule has 1 fully saturated rings. The quantitative estimate of drug-likeness (QED) is 0.735. The molecule has 2 rings (SSSR count). The highest BCUT2D eigenvalue weighted by atomic mass is 32.2. The van der Waals surface area contributed by atoms with Gasteiger partial charge in [-0.3, -0.25) is 14.8 Å². The van der Waals surface area contributed by atoms with E-state index < -0.39 is 12.0 Å². The predicted molar refractivity (Wildman–Crippen MR) is 53.0 cm³/mol. The molecule has 2 heterocycles. The van der Waals surface area contributed by atoms with Gasteiger partial charge in [-0.2, -0.15) is 5.10 Å². The van der Waals surface area contributed by atoms with Crippen molar-refractivity contribution in [2.45, 2.75) is 11.4 Å². The maximum Gasteiger partial charge on any atom is 0.321 e. The molecule has 0 radical (unpaired) electrons. The Morgan fingerprint density at radius 3 is 3.14 bits per heavy atom. The fraction of sp³-hybridized carbons (Fsp3) is 0.500. The SMILES string of the molecule is Cn1cc(C2N[C@@H](C(=O)O)CS2)cn1. The maximum absolute atomic E-state index is 10.7. The van der Waals surface area contributed by atoms with Crippen molar-refractivity contribution < 1.29 is 9.90 Å². The van der Waals surface area contributed by atoms with Gasteiger partial charge in [0, 0.05) is 24.6 Å². The first-order valence-corrected chi connectivity index (χ1v) is 5.30. The standard InChI is InChI=1S/C8H11N3O2S/c1-11-3-5(2-9-11)7-10-6(4-14-7)8(12)13/h2-3,6-7,10H,4H2,1H3,(H,12,13)/t6-,7?/m1/s1. The van der Waals surface area contributed by atoms with Crippen LogP contribution in [0.1, 0.15) is 10.9 Å². The third-order valence-electron chi connectivity index (χ3n) is 2.11. The molecule has 0 amide bonds. The minimum Gasteiger partial charge on any atom is -0.480 e. The predicted octanol–water partition coefficient (Wildman–Crippen LogP) is 0.208. The number of nitrogens with one attached hydrogen (secondary N) is 1. The molecular formula is C8H11N3O2S. The van der Waals surface area contributed by atoms with Gasteiger partial charge in [0.05, 0.1) is 11.6 Å². The molecule has 1 aliphatic heterocycles. The molecule has 0 saturated carbocycles. The van der Waals surface area contributed by atoms with E-state index in [1.165, 1.54) is 0 Å². The van der Waals surface area contributed by atoms with Crippen molar-refractivity contribution in [1.29, 1.82) is 0 Å². The first-order chi connectivity index (χ1) is 6.66. The van der Waals surface area contributed by atoms with E-state index in [0.717, 1.165) is 5.56 Å². The number of carbonyl (C=O) groups is 1. The van der Waals surface area contributed by atoms with E-state index in [9.17, 15) is 4.79 Å². The molecule has 2 atom stereocenters. The molecule has 1 unspecified atom stereocenters. The van der Waals surface area contributed by atoms with Crippen molar-refractivity contribution >= 4 is 17.7 Å². The van der Waals surface area contributed by atoms with Crippen LogP contribution in [0.2, 0.25) is 0 Å². The molecule has 0 aromatic carbocycles. The Morgan fingerprint density at radius 1 is 1.86 bits per heavy atom. The van der Waals surface area contributed by atoms with Gasteiger partial charge in [0.15, 0.2) is 0 Å². The van der Waals surface area contributed by atoms with E-state index in [4.69, 9.17) is 5.11 Å². The molecule has 1 saturated heterocycles. The molecule has 6 heteroatoms. The molecule has 0 spiro atoms. The van der Waals surface area contributed by atoms with Gasteiger partial charge in [-0.05, 0) is 0 Å². The number of hydrogen-bond acceptors (Lipinski definition) is 4. The van der Waals surface area contributed by atoms with E-state index in [-0.39, 0.29) is 5.37 Å². The second-order valence-electron chi connectivity index (χ2n) is 3.22. The second kappa shape index (κ2) is 3.62. The summed E-state index contributed by atoms with van der Waals surface area (Å²) < 4.78 is 1.71. The highest BCUT2D eigenvalue weighted by molar-refractivity contribution is 7.99. The lowest BCUT2D eigenvalue weighted by molar-refractivity contribution is -0.138. The lowest BCUT2D eigenvalue weighted by atomic mass is 10.3. The fourth-order valence-corrected chi connectivity index (χ4v) is 2.58. The van der Waals surface area contributed by atoms with Crippen molar-refractivity contribution in [1.82, 2.24) is 15.1 Å². The Labute approximate surface area is 85.5 Å². The van der Waals surface area contributed by atoms with Crippen LogP contribution in [0.25, 0.3) is 0 Å². The summed E-state index contributed by atoms with van der Waals surface area (Å²) in [7, 11) is 1.85. The normalized spacial score (nSPS) is 26.6. The van der Waals surface area contributed by atoms with Crippen LogP contribution in [-0.2, 0) is 11.8 Å². The number of thioether (sulfide) groups is 1. The molecule has 1 aromatic heterocycles. The number of rotatable bonds is 2. The summed E-state index contributed by atoms with van der Waals surface area (Å²) in [4.78, 5) is 10.7. The Hall–Kier alpha value is -1.01. The summed E-state index contributed by atoms with van der Waals surface area (Å²) in [5.74, 6) is -0.182. The lowest BCUT2D eigenvalue weighted by Gasteiger charge is -2.07. The van der Waals surface area contributed by atoms with Gasteiger partial charge in [0.2, 0.25) is 0 Å². The van der Waals surface area contributed by atoms with Gasteiger partial charge in [-0.25, -0.2) is 0 Å². The summed E-state index contributed by atoms with van der Waals surface area (Å²) in [6, 6.07) is -0.440. The molecule has 5 nitrogen and oxygen atoms in total. The summed E-state index contributed by atoms with van der Waals surface area (Å²) in [6.07, 6.45) is 3.66. The average molecular weight is 213 g/mol. The number of hydrogen-bond donors (Lipinski definition) is 2. The molecule has 0 aliphatic carbocycles. The van der Waals surface area contributed by atoms with Crippen LogP contribution in [0.5, 0.6) is 0 Å². The van der Waals surface area contributed by atoms with E-state index >= 15 is 0 Å². The largest absolute Gasteiger partial charge is 0.480 e. The highest BCUT2D eigenvalue weighted by Crippen LogP contribution is 2.32. The van der Waals surface area contributed by atoms with Crippen LogP contribution < -0.4 is 5.32 Å². The first kappa shape index (κ1) is 9.54. The Kier molecular flexibility index (Phi) is 2.47. The number of carboxylic acids is 1. The molecule has 76 valence electrons. The van der Waals surface area contributed by atoms with Crippen molar-refractivity contribution in [3.8, 4) is 0 Å². The minimum absolute atomic E-state index is 0.0600. The van der Waals surface area contributed by atoms with Gasteiger partial charge in [0.25, 0.3) is 0 Å². The second-order valence-corrected chi connectivity index (χ2v) is 4.36. The van der Waals surface area contributed by atoms with Crippen LogP contribution in [0.4, 0.5) is 0 Å². The number of carboxylic acid groups (broad SMARTS) is 1. The van der Waals surface area contributed by atoms with Crippen LogP contribution in [0, 0.1) is 0 Å². The van der Waals surface area contributed by atoms with Gasteiger partial charge in [-0.1, -0.05) is 0 Å². The van der Waals surface area contributed by atoms with Gasteiger partial charge in [-0.15, -0.1) is 11.8 Å². The topological polar surface area (TPSA) is 67.2 Å². The zero-order valence-electron chi connectivity index (χ0n) is 7.67. The number of aliphatic carboxylic acids is 1. The van der Waals surface area contributed by atoms with E-state index in [1.54, 1.807) is 22.6 Å². The summed E-state index contributed by atoms with van der Waals surface area (Å²) >= 11 is 1.60. The summed E-state index contributed by atoms with van der Waals surface area (Å²) in [5, 5.41) is 15.9. The summed E-state index contributed by atoms with van der Waals surface area (Å²) in [5.41, 5.74) is 1.03. The number of aryl methyl sites for hydroxylation is 1. The lowest BCUT2D eigenvalue weighted by Crippen LogP contribution is -2.33. The van der Waals surface area contributed by atoms with Crippen LogP contribution in [-0.4, -0.2) is 32.7 Å². The first-order valence-electron chi connectivity index (χ1n) is 4.26. The molecule has 14 heavy (non-hydrogen) atoms. The smallest absolute Gasteiger partial charge is 0.321 e. The minimum atomic E-state index is -0.788. The van der Waals surface area contributed by atoms with Crippen molar-refractivity contribution in [2.75, 3.05) is 5.75 Å². The van der Waals surface area contributed by atoms with Crippen molar-refractivity contribution in [3.05, 3.63) is 18.0 Å². The van der Waals surface area contributed by atoms with Gasteiger partial charge in [0.1, 0.15) is 6.04 Å². The van der Waals surface area contributed by atoms with Crippen molar-refractivity contribution in [2.24, 2.45) is 7.05 Å². The Bertz CT molecular complexity index is 352. The third kappa shape index (κ3) is 1.76. The van der Waals surface area contributed by atoms with Crippen LogP contribution in [0.3, 0.4) is 0 Å².